The smallest absolute Gasteiger partial charge is 0.259 e. The van der Waals surface area contributed by atoms with Gasteiger partial charge in [0.2, 0.25) is 0 Å². The number of nitrogens with zero attached hydrogens (tertiary/aromatic N) is 3. The molecule has 172 valence electrons. The first-order valence-electron chi connectivity index (χ1n) is 10.7. The number of pyridine rings is 1. The van der Waals surface area contributed by atoms with Gasteiger partial charge in [0.1, 0.15) is 11.3 Å². The molecule has 4 rings (SSSR count). The topological polar surface area (TPSA) is 64.0 Å². The average Bonchev–Trinajstić information content (AvgIpc) is 3.03. The second kappa shape index (κ2) is 9.95. The Hall–Kier alpha value is -2.52. The predicted octanol–water partition coefficient (Wildman–Crippen LogP) is 2.25. The number of aromatic nitrogens is 1. The van der Waals surface area contributed by atoms with E-state index in [0.29, 0.717) is 57.0 Å². The molecule has 9 heteroatoms. The zero-order chi connectivity index (χ0) is 22.7. The van der Waals surface area contributed by atoms with Gasteiger partial charge in [-0.25, -0.2) is 4.39 Å². The molecular weight excluding hydrogens is 433 g/mol. The van der Waals surface area contributed by atoms with Crippen molar-refractivity contribution in [3.8, 4) is 11.5 Å². The summed E-state index contributed by atoms with van der Waals surface area (Å²) in [5.41, 5.74) is 2.01. The summed E-state index contributed by atoms with van der Waals surface area (Å²) in [6.07, 6.45) is 0.550. The molecule has 0 unspecified atom stereocenters. The zero-order valence-electron chi connectivity index (χ0n) is 18.4. The Morgan fingerprint density at radius 3 is 2.50 bits per heavy atom. The van der Waals surface area contributed by atoms with Crippen LogP contribution in [0.4, 0.5) is 4.39 Å². The number of fused-ring (bicyclic) bond motifs is 1. The number of carbonyl (C=O) groups is 1. The molecule has 0 spiro atoms. The number of carbonyl (C=O) groups excluding carboxylic acids is 1. The van der Waals surface area contributed by atoms with E-state index in [-0.39, 0.29) is 17.2 Å². The normalized spacial score (nSPS) is 16.9. The molecule has 0 saturated carbocycles. The molecular formula is C23H28FN3O4S. The van der Waals surface area contributed by atoms with Gasteiger partial charge in [-0.3, -0.25) is 14.5 Å². The third kappa shape index (κ3) is 4.63. The number of benzene rings is 1. The van der Waals surface area contributed by atoms with Gasteiger partial charge in [-0.2, -0.15) is 11.8 Å². The highest BCUT2D eigenvalue weighted by molar-refractivity contribution is 7.99. The Balaban J connectivity index is 1.60. The van der Waals surface area contributed by atoms with Crippen LogP contribution in [0.1, 0.15) is 21.6 Å². The van der Waals surface area contributed by atoms with E-state index >= 15 is 0 Å². The van der Waals surface area contributed by atoms with E-state index in [0.717, 1.165) is 22.8 Å². The van der Waals surface area contributed by atoms with Crippen molar-refractivity contribution in [1.29, 1.82) is 0 Å². The molecule has 0 aliphatic carbocycles. The van der Waals surface area contributed by atoms with Crippen LogP contribution in [0.25, 0.3) is 0 Å². The second-order valence-electron chi connectivity index (χ2n) is 7.92. The molecule has 1 fully saturated rings. The van der Waals surface area contributed by atoms with E-state index in [1.165, 1.54) is 26.4 Å². The highest BCUT2D eigenvalue weighted by Crippen LogP contribution is 2.26. The van der Waals surface area contributed by atoms with Crippen molar-refractivity contribution < 1.29 is 18.7 Å². The van der Waals surface area contributed by atoms with Gasteiger partial charge in [-0.1, -0.05) is 6.07 Å². The Bertz CT molecular complexity index is 1050. The lowest BCUT2D eigenvalue weighted by Gasteiger charge is -2.28. The molecule has 1 aromatic carbocycles. The van der Waals surface area contributed by atoms with E-state index in [2.05, 4.69) is 4.90 Å². The highest BCUT2D eigenvalue weighted by Gasteiger charge is 2.29. The first-order chi connectivity index (χ1) is 15.5. The standard InChI is InChI=1S/C23H28FN3O4S/c1-30-19-13-16(3-4-17(19)24)15-25-6-5-18-22(23(29)26-9-11-32-12-10-26)20(31-2)14-21(28)27(18)8-7-25/h3-4,13-14H,5-12,15H2,1-2H3. The minimum atomic E-state index is -0.391. The minimum absolute atomic E-state index is 0.0670. The summed E-state index contributed by atoms with van der Waals surface area (Å²) in [6, 6.07) is 6.28. The Kier molecular flexibility index (Phi) is 7.05. The summed E-state index contributed by atoms with van der Waals surface area (Å²) in [5, 5.41) is 0. The maximum absolute atomic E-state index is 13.8. The van der Waals surface area contributed by atoms with E-state index in [1.807, 2.05) is 16.7 Å². The monoisotopic (exact) mass is 461 g/mol. The van der Waals surface area contributed by atoms with E-state index in [9.17, 15) is 14.0 Å². The molecule has 3 heterocycles. The number of methoxy groups -OCH3 is 2. The lowest BCUT2D eigenvalue weighted by atomic mass is 10.1. The van der Waals surface area contributed by atoms with Crippen LogP contribution >= 0.6 is 11.8 Å². The van der Waals surface area contributed by atoms with Crippen LogP contribution in [0.15, 0.2) is 29.1 Å². The van der Waals surface area contributed by atoms with Gasteiger partial charge in [0.15, 0.2) is 11.6 Å². The SMILES string of the molecule is COc1cc(CN2CCc3c(C(=O)N4CCSCC4)c(OC)cc(=O)n3CC2)ccc1F. The van der Waals surface area contributed by atoms with E-state index in [1.54, 1.807) is 16.7 Å². The van der Waals surface area contributed by atoms with Crippen LogP contribution in [0.2, 0.25) is 0 Å². The number of hydrogen-bond donors (Lipinski definition) is 0. The molecule has 7 nitrogen and oxygen atoms in total. The Morgan fingerprint density at radius 2 is 1.78 bits per heavy atom. The number of rotatable bonds is 5. The largest absolute Gasteiger partial charge is 0.496 e. The summed E-state index contributed by atoms with van der Waals surface area (Å²) in [7, 11) is 2.95. The lowest BCUT2D eigenvalue weighted by Crippen LogP contribution is -2.39. The quantitative estimate of drug-likeness (QED) is 0.681. The van der Waals surface area contributed by atoms with Crippen LogP contribution in [0.3, 0.4) is 0 Å². The molecule has 2 aliphatic heterocycles. The van der Waals surface area contributed by atoms with Crippen molar-refractivity contribution in [1.82, 2.24) is 14.4 Å². The maximum Gasteiger partial charge on any atom is 0.259 e. The fourth-order valence-electron chi connectivity index (χ4n) is 4.33. The Morgan fingerprint density at radius 1 is 1.03 bits per heavy atom. The fourth-order valence-corrected chi connectivity index (χ4v) is 5.23. The van der Waals surface area contributed by atoms with Crippen LogP contribution in [-0.4, -0.2) is 72.2 Å². The van der Waals surface area contributed by atoms with E-state index < -0.39 is 5.82 Å². The van der Waals surface area contributed by atoms with Crippen molar-refractivity contribution >= 4 is 17.7 Å². The third-order valence-electron chi connectivity index (χ3n) is 6.04. The number of amides is 1. The number of halogens is 1. The molecule has 0 radical (unpaired) electrons. The van der Waals surface area contributed by atoms with Crippen LogP contribution in [0.5, 0.6) is 11.5 Å². The van der Waals surface area contributed by atoms with Gasteiger partial charge in [-0.05, 0) is 17.7 Å². The van der Waals surface area contributed by atoms with Crippen molar-refractivity contribution in [2.45, 2.75) is 19.5 Å². The number of ether oxygens (including phenoxy) is 2. The summed E-state index contributed by atoms with van der Waals surface area (Å²) >= 11 is 1.84. The second-order valence-corrected chi connectivity index (χ2v) is 9.15. The molecule has 0 atom stereocenters. The molecule has 32 heavy (non-hydrogen) atoms. The van der Waals surface area contributed by atoms with Crippen molar-refractivity contribution in [3.63, 3.8) is 0 Å². The fraction of sp³-hybridized carbons (Fsp3) is 0.478. The van der Waals surface area contributed by atoms with Crippen LogP contribution in [0, 0.1) is 5.82 Å². The molecule has 1 amide bonds. The molecule has 1 aromatic heterocycles. The summed E-state index contributed by atoms with van der Waals surface area (Å²) in [6.45, 7) is 3.79. The van der Waals surface area contributed by atoms with Crippen molar-refractivity contribution in [3.05, 3.63) is 57.3 Å². The maximum atomic E-state index is 13.8. The van der Waals surface area contributed by atoms with Gasteiger partial charge >= 0.3 is 0 Å². The number of hydrogen-bond acceptors (Lipinski definition) is 6. The molecule has 2 aromatic rings. The molecule has 0 bridgehead atoms. The van der Waals surface area contributed by atoms with Gasteiger partial charge in [0.05, 0.1) is 14.2 Å². The molecule has 1 saturated heterocycles. The summed E-state index contributed by atoms with van der Waals surface area (Å²) in [4.78, 5) is 30.3. The first kappa shape index (κ1) is 22.7. The van der Waals surface area contributed by atoms with Crippen LogP contribution < -0.4 is 15.0 Å². The van der Waals surface area contributed by atoms with Gasteiger partial charge < -0.3 is 18.9 Å². The summed E-state index contributed by atoms with van der Waals surface area (Å²) in [5.74, 6) is 1.94. The third-order valence-corrected chi connectivity index (χ3v) is 6.98. The lowest BCUT2D eigenvalue weighted by molar-refractivity contribution is 0.0766. The predicted molar refractivity (Wildman–Crippen MR) is 122 cm³/mol. The van der Waals surface area contributed by atoms with Gasteiger partial charge in [0, 0.05) is 69.0 Å². The summed E-state index contributed by atoms with van der Waals surface area (Å²) < 4.78 is 26.0. The average molecular weight is 462 g/mol. The van der Waals surface area contributed by atoms with Gasteiger partial charge in [-0.15, -0.1) is 0 Å². The molecule has 2 aliphatic rings. The molecule has 0 N–H and O–H groups in total. The van der Waals surface area contributed by atoms with Crippen molar-refractivity contribution in [2.24, 2.45) is 0 Å². The van der Waals surface area contributed by atoms with E-state index in [4.69, 9.17) is 9.47 Å². The number of thioether (sulfide) groups is 1. The van der Waals surface area contributed by atoms with Gasteiger partial charge in [0.25, 0.3) is 11.5 Å². The van der Waals surface area contributed by atoms with Crippen molar-refractivity contribution in [2.75, 3.05) is 51.9 Å². The highest BCUT2D eigenvalue weighted by atomic mass is 32.2. The Labute approximate surface area is 191 Å². The first-order valence-corrected chi connectivity index (χ1v) is 11.9. The van der Waals surface area contributed by atoms with Crippen LogP contribution in [-0.2, 0) is 19.5 Å². The zero-order valence-corrected chi connectivity index (χ0v) is 19.3. The minimum Gasteiger partial charge on any atom is -0.496 e.